The fourth-order valence-electron chi connectivity index (χ4n) is 3.34. The molecule has 4 rings (SSSR count). The smallest absolute Gasteiger partial charge is 0.361 e. The number of hydrogen-bond donors (Lipinski definition) is 2. The van der Waals surface area contributed by atoms with E-state index in [1.807, 2.05) is 30.5 Å². The van der Waals surface area contributed by atoms with E-state index < -0.39 is 17.6 Å². The maximum absolute atomic E-state index is 13.0. The molecule has 2 N–H and O–H groups in total. The number of aryl methyl sites for hydroxylation is 1. The Morgan fingerprint density at radius 2 is 2.00 bits per heavy atom. The van der Waals surface area contributed by atoms with Crippen molar-refractivity contribution in [3.8, 4) is 0 Å². The Hall–Kier alpha value is -3.29. The van der Waals surface area contributed by atoms with Crippen LogP contribution in [0.3, 0.4) is 0 Å². The first kappa shape index (κ1) is 18.1. The van der Waals surface area contributed by atoms with Gasteiger partial charge in [0.2, 0.25) is 0 Å². The highest BCUT2D eigenvalue weighted by Gasteiger charge is 2.31. The number of H-pyrrole nitrogens is 1. The van der Waals surface area contributed by atoms with Gasteiger partial charge in [0.15, 0.2) is 0 Å². The van der Waals surface area contributed by atoms with E-state index in [1.165, 1.54) is 10.5 Å². The molecule has 0 aliphatic heterocycles. The summed E-state index contributed by atoms with van der Waals surface area (Å²) in [5, 5.41) is 3.87. The van der Waals surface area contributed by atoms with Crippen molar-refractivity contribution in [1.29, 1.82) is 0 Å². The number of halogens is 3. The molecular weight excluding hydrogens is 369 g/mol. The molecule has 1 amide bonds. The monoisotopic (exact) mass is 386 g/mol. The zero-order valence-electron chi connectivity index (χ0n) is 15.0. The molecular formula is C20H17F3N4O. The Labute approximate surface area is 158 Å². The number of alkyl halides is 3. The van der Waals surface area contributed by atoms with Crippen molar-refractivity contribution in [2.24, 2.45) is 0 Å². The maximum Gasteiger partial charge on any atom is 0.417 e. The molecule has 4 aromatic rings. The summed E-state index contributed by atoms with van der Waals surface area (Å²) < 4.78 is 40.2. The lowest BCUT2D eigenvalue weighted by molar-refractivity contribution is -0.137. The summed E-state index contributed by atoms with van der Waals surface area (Å²) >= 11 is 0. The van der Waals surface area contributed by atoms with Gasteiger partial charge in [-0.3, -0.25) is 9.20 Å². The quantitative estimate of drug-likeness (QED) is 0.554. The Kier molecular flexibility index (Phi) is 4.33. The van der Waals surface area contributed by atoms with Crippen LogP contribution in [0.5, 0.6) is 0 Å². The number of para-hydroxylation sites is 1. The van der Waals surface area contributed by atoms with Crippen molar-refractivity contribution < 1.29 is 18.0 Å². The van der Waals surface area contributed by atoms with Gasteiger partial charge in [-0.25, -0.2) is 4.98 Å². The van der Waals surface area contributed by atoms with Crippen LogP contribution in [0.15, 0.2) is 48.8 Å². The molecule has 3 heterocycles. The van der Waals surface area contributed by atoms with Crippen molar-refractivity contribution in [1.82, 2.24) is 19.7 Å². The van der Waals surface area contributed by atoms with Crippen molar-refractivity contribution in [3.63, 3.8) is 0 Å². The predicted molar refractivity (Wildman–Crippen MR) is 99.3 cm³/mol. The summed E-state index contributed by atoms with van der Waals surface area (Å²) in [4.78, 5) is 20.0. The number of hydrogen-bond acceptors (Lipinski definition) is 2. The van der Waals surface area contributed by atoms with E-state index in [4.69, 9.17) is 0 Å². The average Bonchev–Trinajstić information content (AvgIpc) is 3.20. The van der Waals surface area contributed by atoms with Gasteiger partial charge in [0.25, 0.3) is 5.91 Å². The summed E-state index contributed by atoms with van der Waals surface area (Å²) in [6, 6.07) is 10.1. The lowest BCUT2D eigenvalue weighted by Crippen LogP contribution is -2.27. The van der Waals surface area contributed by atoms with E-state index in [2.05, 4.69) is 15.3 Å². The molecule has 1 aromatic carbocycles. The van der Waals surface area contributed by atoms with E-state index in [9.17, 15) is 18.0 Å². The summed E-state index contributed by atoms with van der Waals surface area (Å²) in [5.41, 5.74) is 2.03. The molecule has 0 saturated carbocycles. The van der Waals surface area contributed by atoms with Gasteiger partial charge in [-0.15, -0.1) is 0 Å². The number of imidazole rings is 1. The zero-order chi connectivity index (χ0) is 19.9. The molecule has 0 aliphatic rings. The Balaban J connectivity index is 1.54. The lowest BCUT2D eigenvalue weighted by Gasteiger charge is -2.09. The van der Waals surface area contributed by atoms with Gasteiger partial charge in [0, 0.05) is 29.8 Å². The van der Waals surface area contributed by atoms with Gasteiger partial charge < -0.3 is 10.3 Å². The summed E-state index contributed by atoms with van der Waals surface area (Å²) in [6.07, 6.45) is -1.09. The average molecular weight is 386 g/mol. The van der Waals surface area contributed by atoms with Crippen molar-refractivity contribution in [2.75, 3.05) is 6.54 Å². The molecule has 28 heavy (non-hydrogen) atoms. The SMILES string of the molecule is Cc1nc2ccc(C(F)(F)F)cn2c1C(=O)NCCc1c[nH]c2ccccc12. The molecule has 0 atom stereocenters. The molecule has 3 aromatic heterocycles. The number of carbonyl (C=O) groups is 1. The molecule has 5 nitrogen and oxygen atoms in total. The fraction of sp³-hybridized carbons (Fsp3) is 0.200. The number of nitrogens with one attached hydrogen (secondary N) is 2. The van der Waals surface area contributed by atoms with E-state index in [1.54, 1.807) is 6.92 Å². The van der Waals surface area contributed by atoms with Crippen LogP contribution < -0.4 is 5.32 Å². The molecule has 0 spiro atoms. The lowest BCUT2D eigenvalue weighted by atomic mass is 10.1. The third kappa shape index (κ3) is 3.21. The highest BCUT2D eigenvalue weighted by Crippen LogP contribution is 2.29. The fourth-order valence-corrected chi connectivity index (χ4v) is 3.34. The second kappa shape index (κ2) is 6.70. The number of rotatable bonds is 4. The number of carbonyl (C=O) groups excluding carboxylic acids is 1. The van der Waals surface area contributed by atoms with Crippen LogP contribution in [-0.4, -0.2) is 26.8 Å². The van der Waals surface area contributed by atoms with Crippen molar-refractivity contribution in [2.45, 2.75) is 19.5 Å². The van der Waals surface area contributed by atoms with Crippen LogP contribution in [0.2, 0.25) is 0 Å². The second-order valence-electron chi connectivity index (χ2n) is 6.55. The molecule has 0 aliphatic carbocycles. The number of amides is 1. The van der Waals surface area contributed by atoms with Gasteiger partial charge in [0.05, 0.1) is 11.3 Å². The first-order valence-corrected chi connectivity index (χ1v) is 8.73. The number of aromatic amines is 1. The van der Waals surface area contributed by atoms with Gasteiger partial charge in [-0.1, -0.05) is 18.2 Å². The van der Waals surface area contributed by atoms with Crippen molar-refractivity contribution in [3.05, 3.63) is 71.3 Å². The Bertz CT molecular complexity index is 1170. The minimum absolute atomic E-state index is 0.111. The number of benzene rings is 1. The summed E-state index contributed by atoms with van der Waals surface area (Å²) in [7, 11) is 0. The third-order valence-corrected chi connectivity index (χ3v) is 4.69. The topological polar surface area (TPSA) is 62.2 Å². The molecule has 8 heteroatoms. The van der Waals surface area contributed by atoms with Gasteiger partial charge in [-0.2, -0.15) is 13.2 Å². The highest BCUT2D eigenvalue weighted by molar-refractivity contribution is 5.94. The Morgan fingerprint density at radius 1 is 1.21 bits per heavy atom. The van der Waals surface area contributed by atoms with Crippen LogP contribution in [-0.2, 0) is 12.6 Å². The molecule has 144 valence electrons. The Morgan fingerprint density at radius 3 is 2.79 bits per heavy atom. The molecule has 0 radical (unpaired) electrons. The molecule has 0 saturated heterocycles. The van der Waals surface area contributed by atoms with Crippen LogP contribution in [0, 0.1) is 6.92 Å². The third-order valence-electron chi connectivity index (χ3n) is 4.69. The number of nitrogens with zero attached hydrogens (tertiary/aromatic N) is 2. The standard InChI is InChI=1S/C20H17F3N4O/c1-12-18(27-11-14(20(21,22)23)6-7-17(27)26-12)19(28)24-9-8-13-10-25-16-5-3-2-4-15(13)16/h2-7,10-11,25H,8-9H2,1H3,(H,24,28). The summed E-state index contributed by atoms with van der Waals surface area (Å²) in [6.45, 7) is 1.96. The van der Waals surface area contributed by atoms with Crippen LogP contribution in [0.4, 0.5) is 13.2 Å². The van der Waals surface area contributed by atoms with Gasteiger partial charge >= 0.3 is 6.18 Å². The predicted octanol–water partition coefficient (Wildman–Crippen LogP) is 4.12. The molecule has 0 fully saturated rings. The van der Waals surface area contributed by atoms with Crippen LogP contribution >= 0.6 is 0 Å². The normalized spacial score (nSPS) is 12.0. The van der Waals surface area contributed by atoms with E-state index in [0.29, 0.717) is 24.3 Å². The number of fused-ring (bicyclic) bond motifs is 2. The minimum Gasteiger partial charge on any atom is -0.361 e. The van der Waals surface area contributed by atoms with E-state index in [-0.39, 0.29) is 5.69 Å². The van der Waals surface area contributed by atoms with Crippen LogP contribution in [0.25, 0.3) is 16.6 Å². The zero-order valence-corrected chi connectivity index (χ0v) is 15.0. The molecule has 0 unspecified atom stereocenters. The van der Waals surface area contributed by atoms with E-state index in [0.717, 1.165) is 28.7 Å². The largest absolute Gasteiger partial charge is 0.417 e. The minimum atomic E-state index is -4.49. The maximum atomic E-state index is 13.0. The van der Waals surface area contributed by atoms with Crippen molar-refractivity contribution >= 4 is 22.5 Å². The van der Waals surface area contributed by atoms with E-state index >= 15 is 0 Å². The number of pyridine rings is 1. The second-order valence-corrected chi connectivity index (χ2v) is 6.55. The number of aromatic nitrogens is 3. The first-order valence-electron chi connectivity index (χ1n) is 8.73. The van der Waals surface area contributed by atoms with Gasteiger partial charge in [0.1, 0.15) is 11.3 Å². The first-order chi connectivity index (χ1) is 13.3. The summed E-state index contributed by atoms with van der Waals surface area (Å²) in [5.74, 6) is -0.454. The van der Waals surface area contributed by atoms with Gasteiger partial charge in [-0.05, 0) is 37.1 Å². The highest BCUT2D eigenvalue weighted by atomic mass is 19.4. The van der Waals surface area contributed by atoms with Crippen LogP contribution in [0.1, 0.15) is 27.3 Å². The molecule has 0 bridgehead atoms.